The number of amides is 2. The van der Waals surface area contributed by atoms with Gasteiger partial charge in [0, 0.05) is 262 Å². The molecule has 1 saturated carbocycles. The fourth-order valence-electron chi connectivity index (χ4n) is 6.13. The van der Waals surface area contributed by atoms with Crippen molar-refractivity contribution in [2.45, 2.75) is 71.4 Å². The summed E-state index contributed by atoms with van der Waals surface area (Å²) in [5, 5.41) is 3.90. The summed E-state index contributed by atoms with van der Waals surface area (Å²) in [6.07, 6.45) is 8.28. The molecule has 6 nitrogen and oxygen atoms in total. The van der Waals surface area contributed by atoms with Crippen LogP contribution in [-0.4, -0.2) is 46.6 Å². The molecule has 1 N–H and O–H groups in total. The number of para-hydroxylation sites is 1. The molecule has 2 fully saturated rings. The molecule has 2 aromatic carbocycles. The molecule has 0 spiro atoms. The summed E-state index contributed by atoms with van der Waals surface area (Å²) in [5.41, 5.74) is 4.17. The molecule has 0 unspecified atom stereocenters. The van der Waals surface area contributed by atoms with Crippen LogP contribution in [0.25, 0.3) is 10.9 Å². The zero-order valence-electron chi connectivity index (χ0n) is 39.6. The van der Waals surface area contributed by atoms with E-state index in [1.807, 2.05) is 66.0 Å². The van der Waals surface area contributed by atoms with Gasteiger partial charge in [0.25, 0.3) is 5.91 Å². The fraction of sp³-hybridized carbons (Fsp3) is 0.500. The number of rotatable bonds is 7. The first-order chi connectivity index (χ1) is 39.3. The number of aromatic nitrogens is 1. The van der Waals surface area contributed by atoms with Crippen LogP contribution >= 0.6 is 0 Å². The summed E-state index contributed by atoms with van der Waals surface area (Å²) < 4.78 is 344. The molecular weight excluding hydrogens is 1360 g/mol. The minimum Gasteiger partial charge on any atom is -0.376 e. The number of halogens is 42. The van der Waals surface area contributed by atoms with Gasteiger partial charge < -0.3 is 19.5 Å². The Morgan fingerprint density at radius 3 is 1.27 bits per heavy atom. The van der Waals surface area contributed by atoms with Crippen molar-refractivity contribution in [3.05, 3.63) is 65.4 Å². The van der Waals surface area contributed by atoms with Crippen molar-refractivity contribution in [2.75, 3.05) is 18.5 Å². The first kappa shape index (κ1) is 127. The van der Waals surface area contributed by atoms with E-state index in [9.17, 15) is 9.59 Å². The van der Waals surface area contributed by atoms with Gasteiger partial charge in [-0.2, -0.15) is 17.7 Å². The van der Waals surface area contributed by atoms with Gasteiger partial charge in [0.2, 0.25) is 5.91 Å². The molecule has 1 radical (unpaired) electrons. The summed E-state index contributed by atoms with van der Waals surface area (Å²) in [6, 6.07) is 15.0. The second-order valence-corrected chi connectivity index (χ2v) is 11.6. The number of nitrogens with zero attached hydrogens (tertiary/aromatic N) is 2. The Bertz CT molecular complexity index is 1390. The molecular formula is C32H40F42N3O3Y-. The van der Waals surface area contributed by atoms with E-state index < -0.39 is 0 Å². The van der Waals surface area contributed by atoms with Crippen LogP contribution in [0, 0.1) is 24.8 Å². The zero-order valence-corrected chi connectivity index (χ0v) is 42.4. The third-order valence-electron chi connectivity index (χ3n) is 8.43. The Balaban J connectivity index is -0.0000000489. The number of benzene rings is 2. The Kier molecular flexibility index (Phi) is 213. The van der Waals surface area contributed by atoms with Crippen LogP contribution in [0.15, 0.2) is 42.6 Å². The number of nitrogens with one attached hydrogen (secondary N) is 1. The van der Waals surface area contributed by atoms with Gasteiger partial charge in [-0.15, -0.1) is 11.6 Å². The normalized spacial score (nSPS) is 12.6. The van der Waals surface area contributed by atoms with Crippen LogP contribution in [0.3, 0.4) is 0 Å². The van der Waals surface area contributed by atoms with Gasteiger partial charge >= 0.3 is 0 Å². The van der Waals surface area contributed by atoms with E-state index >= 15 is 0 Å². The van der Waals surface area contributed by atoms with E-state index in [-0.39, 0.29) is 50.6 Å². The molecule has 2 atom stereocenters. The van der Waals surface area contributed by atoms with E-state index in [1.54, 1.807) is 0 Å². The van der Waals surface area contributed by atoms with Gasteiger partial charge in [-0.25, -0.2) is 0 Å². The van der Waals surface area contributed by atoms with Crippen molar-refractivity contribution in [3.8, 4) is 0 Å². The maximum Gasteiger partial charge on any atom is 0.256 e. The monoisotopic (exact) mass is 1400 g/mol. The molecule has 2 amide bonds. The third kappa shape index (κ3) is 73.0. The summed E-state index contributed by atoms with van der Waals surface area (Å²) >= 11 is 0. The van der Waals surface area contributed by atoms with Gasteiger partial charge in [0.05, 0.1) is 24.3 Å². The van der Waals surface area contributed by atoms with Crippen LogP contribution in [-0.2, 0) is 55.7 Å². The van der Waals surface area contributed by atoms with Crippen LogP contribution in [0.5, 0.6) is 0 Å². The number of hydrogen-bond donors (Lipinski definition) is 1. The van der Waals surface area contributed by atoms with Gasteiger partial charge in [0.15, 0.2) is 0 Å². The van der Waals surface area contributed by atoms with E-state index in [4.69, 9.17) is 197 Å². The summed E-state index contributed by atoms with van der Waals surface area (Å²) in [4.78, 5) is 28.4. The minimum atomic E-state index is -0.164. The van der Waals surface area contributed by atoms with Crippen LogP contribution in [0.1, 0.15) is 67.4 Å². The molecule has 1 saturated heterocycles. The van der Waals surface area contributed by atoms with Gasteiger partial charge in [0.1, 0.15) is 0 Å². The standard InChI is InChI=1S/C32H40N3O3.21F2.Y/c1-21-9-13-27(14-10-21)38-20-26-15-22(2)18-35(26)31(36)17-24-11-12-25(16-23(24)3)33-32(37)29-19-34(4)30-8-6-5-7-28(29)30;21*1-2;/h5-8,11,16,19,21-22,26-27H,9-10,13-15,17-18,20H2,1-4H3,(H,33,37);;;;;;;;;;;;;;;;;;;;;;/q-1;;;;;;;;;;;;;;;;;;;;;;/t21?,22-,26-,27?;;;;;;;;;;;;;;;;;;;;;;/m0....................../s1. The fourth-order valence-corrected chi connectivity index (χ4v) is 6.13. The number of ether oxygens (including phenoxy) is 1. The second-order valence-electron chi connectivity index (χ2n) is 11.6. The van der Waals surface area contributed by atoms with E-state index in [0.717, 1.165) is 53.8 Å². The first-order valence-electron chi connectivity index (χ1n) is 17.1. The molecule has 5 rings (SSSR count). The Hall–Kier alpha value is -4.96. The molecule has 2 aliphatic rings. The number of likely N-dealkylation sites (tertiary alicyclic amines) is 1. The van der Waals surface area contributed by atoms with E-state index in [0.29, 0.717) is 36.3 Å². The van der Waals surface area contributed by atoms with Crippen molar-refractivity contribution in [2.24, 2.45) is 18.9 Å². The SMILES string of the molecule is Cc1cc(NC(=O)c2cn(C)c3ccccc23)[c-]cc1CC(=O)N1C[C@@H](C)C[C@H]1COC1CCC(C)CC1.FF.FF.FF.FF.FF.FF.FF.FF.FF.FF.FF.FF.FF.FF.FF.FF.FF.FF.FF.FF.FF.[Y]. The van der Waals surface area contributed by atoms with Crippen molar-refractivity contribution in [1.29, 1.82) is 0 Å². The van der Waals surface area contributed by atoms with Gasteiger partial charge in [-0.1, -0.05) is 44.7 Å². The average Bonchev–Trinajstić information content (AvgIpc) is 4.15. The molecule has 3 aromatic rings. The van der Waals surface area contributed by atoms with Crippen molar-refractivity contribution < 1.29 is 239 Å². The Morgan fingerprint density at radius 2 is 0.914 bits per heavy atom. The number of carbonyl (C=O) groups excluding carboxylic acids is 2. The number of fused-ring (bicyclic) bond motifs is 1. The van der Waals surface area contributed by atoms with Crippen LogP contribution in [0.4, 0.5) is 198 Å². The van der Waals surface area contributed by atoms with Gasteiger partial charge in [-0.3, -0.25) is 9.59 Å². The van der Waals surface area contributed by atoms with Crippen LogP contribution in [0.2, 0.25) is 0 Å². The molecule has 2 heterocycles. The molecule has 81 heavy (non-hydrogen) atoms. The quantitative estimate of drug-likeness (QED) is 0.189. The van der Waals surface area contributed by atoms with Crippen LogP contribution < -0.4 is 5.32 Å². The Labute approximate surface area is 450 Å². The molecule has 1 aromatic heterocycles. The second kappa shape index (κ2) is 136. The molecule has 0 bridgehead atoms. The first-order valence-corrected chi connectivity index (χ1v) is 17.1. The smallest absolute Gasteiger partial charge is 0.256 e. The average molecular weight is 1400 g/mol. The van der Waals surface area contributed by atoms with Gasteiger partial charge in [-0.05, 0) is 50.0 Å². The predicted molar refractivity (Wildman–Crippen MR) is 198 cm³/mol. The third-order valence-corrected chi connectivity index (χ3v) is 8.43. The summed E-state index contributed by atoms with van der Waals surface area (Å²) in [7, 11) is 1.94. The topological polar surface area (TPSA) is 63.6 Å². The number of carbonyl (C=O) groups is 2. The molecule has 499 valence electrons. The maximum atomic E-state index is 13.4. The zero-order chi connectivity index (χ0) is 68.8. The van der Waals surface area contributed by atoms with Crippen molar-refractivity contribution in [1.82, 2.24) is 9.47 Å². The minimum absolute atomic E-state index is 0. The largest absolute Gasteiger partial charge is 0.376 e. The molecule has 1 aliphatic heterocycles. The predicted octanol–water partition coefficient (Wildman–Crippen LogP) is 23.6. The summed E-state index contributed by atoms with van der Waals surface area (Å²) in [5.74, 6) is 1.27. The Morgan fingerprint density at radius 1 is 0.556 bits per heavy atom. The van der Waals surface area contributed by atoms with E-state index in [2.05, 4.69) is 25.2 Å². The van der Waals surface area contributed by atoms with Crippen molar-refractivity contribution in [3.63, 3.8) is 0 Å². The maximum absolute atomic E-state index is 13.4. The number of anilines is 1. The van der Waals surface area contributed by atoms with E-state index in [1.165, 1.54) is 12.8 Å². The number of hydrogen-bond acceptors (Lipinski definition) is 3. The number of aryl methyl sites for hydroxylation is 2. The molecule has 49 heteroatoms. The van der Waals surface area contributed by atoms with Crippen molar-refractivity contribution >= 4 is 28.4 Å². The molecule has 1 aliphatic carbocycles. The summed E-state index contributed by atoms with van der Waals surface area (Å²) in [6.45, 7) is 7.95.